The zero-order valence-corrected chi connectivity index (χ0v) is 32.9. The molecule has 5 aliphatic rings. The molecular formula is C39H44N4O11S2+2. The quantitative estimate of drug-likeness (QED) is 0.0457. The number of hydrogen-bond donors (Lipinski definition) is 5. The van der Waals surface area contributed by atoms with E-state index in [2.05, 4.69) is 16.0 Å². The number of carbonyl (C=O) groups is 3. The van der Waals surface area contributed by atoms with E-state index in [-0.39, 0.29) is 30.9 Å². The lowest BCUT2D eigenvalue weighted by molar-refractivity contribution is -0.432. The Kier molecular flexibility index (Phi) is 9.96. The first-order chi connectivity index (χ1) is 26.4. The average molecular weight is 809 g/mol. The number of carbonyl (C=O) groups excluding carboxylic acids is 1. The summed E-state index contributed by atoms with van der Waals surface area (Å²) < 4.78 is 39.0. The predicted molar refractivity (Wildman–Crippen MR) is 205 cm³/mol. The third-order valence-corrected chi connectivity index (χ3v) is 14.2. The maximum Gasteiger partial charge on any atom is 0.363 e. The van der Waals surface area contributed by atoms with E-state index in [0.717, 1.165) is 29.7 Å². The second-order valence-electron chi connectivity index (χ2n) is 16.1. The third kappa shape index (κ3) is 5.79. The molecule has 2 aromatic rings. The summed E-state index contributed by atoms with van der Waals surface area (Å²) >= 11 is 0.784. The number of quaternary nitrogens is 2. The standard InChI is InChI=1S/C39H42N4O11S2/c1-38(2)26-17-22(55-54-53-49)11-13-28(26)42(15-7-5-9-30(42)36(45)46)32(38)19-24-34(41-21-40)25(35(24)44)20-33-39(3,4)27-18-23(56(50,51)52)12-14-29(27)43(33)16-8-6-10-31(43)37(47)48/h11-14,17-20,24,30-31,40H,5-10,15-16H2,1-4H3,(H2-2,45,46,47,48,49,50,51,52)/p+2. The van der Waals surface area contributed by atoms with Crippen LogP contribution in [0.15, 0.2) is 86.0 Å². The van der Waals surface area contributed by atoms with Crippen molar-refractivity contribution >= 4 is 57.3 Å². The summed E-state index contributed by atoms with van der Waals surface area (Å²) in [6, 6.07) is 9.91. The Morgan fingerprint density at radius 2 is 1.46 bits per heavy atom. The lowest BCUT2D eigenvalue weighted by atomic mass is 9.74. The molecule has 17 heteroatoms. The lowest BCUT2D eigenvalue weighted by Crippen LogP contribution is -2.61. The van der Waals surface area contributed by atoms with Crippen LogP contribution >= 0.6 is 12.0 Å². The van der Waals surface area contributed by atoms with Gasteiger partial charge >= 0.3 is 11.9 Å². The van der Waals surface area contributed by atoms with Gasteiger partial charge in [-0.1, -0.05) is 5.04 Å². The van der Waals surface area contributed by atoms with Gasteiger partial charge in [0.2, 0.25) is 0 Å². The van der Waals surface area contributed by atoms with Crippen molar-refractivity contribution in [2.45, 2.75) is 98.9 Å². The summed E-state index contributed by atoms with van der Waals surface area (Å²) in [5.74, 6) is -3.37. The van der Waals surface area contributed by atoms with Crippen LogP contribution in [0.2, 0.25) is 0 Å². The van der Waals surface area contributed by atoms with Crippen molar-refractivity contribution < 1.29 is 52.2 Å². The van der Waals surface area contributed by atoms with Gasteiger partial charge in [-0.15, -0.1) is 4.33 Å². The first-order valence-electron chi connectivity index (χ1n) is 18.4. The minimum Gasteiger partial charge on any atom is -0.477 e. The molecule has 0 aromatic heterocycles. The predicted octanol–water partition coefficient (Wildman–Crippen LogP) is 6.51. The van der Waals surface area contributed by atoms with Crippen LogP contribution in [0.1, 0.15) is 77.3 Å². The highest BCUT2D eigenvalue weighted by atomic mass is 32.2. The molecule has 4 aliphatic heterocycles. The maximum absolute atomic E-state index is 14.6. The molecule has 15 nitrogen and oxygen atoms in total. The van der Waals surface area contributed by atoms with E-state index < -0.39 is 50.9 Å². The highest BCUT2D eigenvalue weighted by molar-refractivity contribution is 7.94. The van der Waals surface area contributed by atoms with Crippen LogP contribution < -0.4 is 8.97 Å². The van der Waals surface area contributed by atoms with Gasteiger partial charge in [-0.3, -0.25) is 9.35 Å². The van der Waals surface area contributed by atoms with Crippen molar-refractivity contribution in [1.29, 1.82) is 5.41 Å². The van der Waals surface area contributed by atoms with E-state index in [1.807, 2.05) is 39.8 Å². The van der Waals surface area contributed by atoms with Crippen molar-refractivity contribution in [2.24, 2.45) is 10.9 Å². The topological polar surface area (TPSA) is 221 Å². The summed E-state index contributed by atoms with van der Waals surface area (Å²) in [6.07, 6.45) is 6.90. The molecule has 2 saturated heterocycles. The fourth-order valence-corrected chi connectivity index (χ4v) is 11.3. The van der Waals surface area contributed by atoms with Gasteiger partial charge in [-0.2, -0.15) is 13.4 Å². The largest absolute Gasteiger partial charge is 0.477 e. The SMILES string of the molecule is CC1(C)C(=CC2C(=O)C(C=C3C(C)(C)c4cc(S(=O)(=O)O)ccc4[N+]34CCCCC4C(=O)O)=C2N=C=N)[N+]2(CCCCC2C(=O)O)c2ccc(SOOO)cc21. The van der Waals surface area contributed by atoms with E-state index in [0.29, 0.717) is 72.7 Å². The van der Waals surface area contributed by atoms with Crippen LogP contribution in [0.3, 0.4) is 0 Å². The molecule has 7 rings (SSSR count). The van der Waals surface area contributed by atoms with Crippen molar-refractivity contribution in [3.63, 3.8) is 0 Å². The molecule has 296 valence electrons. The molecule has 1 aliphatic carbocycles. The Balaban J connectivity index is 1.43. The number of carboxylic acids is 2. The van der Waals surface area contributed by atoms with Crippen LogP contribution in [0.5, 0.6) is 0 Å². The molecule has 5 unspecified atom stereocenters. The number of nitrogens with one attached hydrogen (secondary N) is 1. The van der Waals surface area contributed by atoms with Gasteiger partial charge in [0.25, 0.3) is 10.1 Å². The number of piperidine rings is 2. The molecule has 0 radical (unpaired) electrons. The Labute approximate surface area is 328 Å². The molecule has 5 atom stereocenters. The van der Waals surface area contributed by atoms with Crippen molar-refractivity contribution in [3.8, 4) is 0 Å². The minimum absolute atomic E-state index is 0.0134. The number of rotatable bonds is 9. The van der Waals surface area contributed by atoms with E-state index in [4.69, 9.17) is 15.0 Å². The molecule has 0 bridgehead atoms. The van der Waals surface area contributed by atoms with Crippen LogP contribution in [-0.2, 0) is 44.7 Å². The molecule has 2 spiro atoms. The zero-order chi connectivity index (χ0) is 40.6. The van der Waals surface area contributed by atoms with Gasteiger partial charge in [0, 0.05) is 52.6 Å². The monoisotopic (exact) mass is 808 g/mol. The van der Waals surface area contributed by atoms with E-state index in [1.54, 1.807) is 24.3 Å². The highest BCUT2D eigenvalue weighted by Crippen LogP contribution is 2.59. The number of aliphatic imine (C=N–C) groups is 1. The molecule has 4 heterocycles. The lowest BCUT2D eigenvalue weighted by Gasteiger charge is -2.45. The third-order valence-electron chi connectivity index (χ3n) is 12.8. The van der Waals surface area contributed by atoms with Gasteiger partial charge in [-0.25, -0.2) is 29.2 Å². The second-order valence-corrected chi connectivity index (χ2v) is 18.3. The van der Waals surface area contributed by atoms with Gasteiger partial charge < -0.3 is 10.2 Å². The van der Waals surface area contributed by atoms with E-state index >= 15 is 0 Å². The number of hydrogen-bond acceptors (Lipinski definition) is 11. The number of ketones is 1. The van der Waals surface area contributed by atoms with E-state index in [1.165, 1.54) is 12.1 Å². The van der Waals surface area contributed by atoms with Gasteiger partial charge in [-0.05, 0) is 83.7 Å². The Morgan fingerprint density at radius 3 is 2.02 bits per heavy atom. The smallest absolute Gasteiger partial charge is 0.363 e. The summed E-state index contributed by atoms with van der Waals surface area (Å²) in [7, 11) is -4.60. The molecular weight excluding hydrogens is 765 g/mol. The highest BCUT2D eigenvalue weighted by Gasteiger charge is 2.63. The molecule has 56 heavy (non-hydrogen) atoms. The van der Waals surface area contributed by atoms with Gasteiger partial charge in [0.1, 0.15) is 22.8 Å². The number of benzene rings is 2. The molecule has 0 saturated carbocycles. The first-order valence-corrected chi connectivity index (χ1v) is 20.6. The number of fused-ring (bicyclic) bond motifs is 4. The van der Waals surface area contributed by atoms with Crippen LogP contribution in [0, 0.1) is 11.3 Å². The normalized spacial score (nSPS) is 30.3. The first kappa shape index (κ1) is 39.9. The van der Waals surface area contributed by atoms with E-state index in [9.17, 15) is 37.6 Å². The van der Waals surface area contributed by atoms with Gasteiger partial charge in [0.15, 0.2) is 17.9 Å². The minimum atomic E-state index is -4.60. The molecule has 5 N–H and O–H groups in total. The Bertz CT molecular complexity index is 2330. The molecule has 0 amide bonds. The number of nitrogens with zero attached hydrogens (tertiary/aromatic N) is 3. The van der Waals surface area contributed by atoms with Crippen molar-refractivity contribution in [2.75, 3.05) is 13.1 Å². The fourth-order valence-electron chi connectivity index (χ4n) is 10.4. The number of Topliss-reactive ketones (excluding diaryl/α,β-unsaturated/α-hetero) is 1. The van der Waals surface area contributed by atoms with Crippen LogP contribution in [0.4, 0.5) is 11.4 Å². The molecule has 2 aromatic carbocycles. The fraction of sp³-hybridized carbons (Fsp3) is 0.436. The summed E-state index contributed by atoms with van der Waals surface area (Å²) in [6.45, 7) is 8.39. The van der Waals surface area contributed by atoms with Crippen molar-refractivity contribution in [1.82, 2.24) is 8.97 Å². The Morgan fingerprint density at radius 1 is 0.911 bits per heavy atom. The van der Waals surface area contributed by atoms with Gasteiger partial charge in [0.05, 0.1) is 58.5 Å². The van der Waals surface area contributed by atoms with Crippen LogP contribution in [0.25, 0.3) is 0 Å². The zero-order valence-electron chi connectivity index (χ0n) is 31.3. The second kappa shape index (κ2) is 14.0. The Hall–Kier alpha value is -4.29. The summed E-state index contributed by atoms with van der Waals surface area (Å²) in [5, 5.41) is 41.8. The summed E-state index contributed by atoms with van der Waals surface area (Å²) in [5.41, 5.74) is 2.40. The number of carboxylic acid groups (broad SMARTS) is 2. The molecule has 2 fully saturated rings. The maximum atomic E-state index is 14.6. The van der Waals surface area contributed by atoms with Crippen molar-refractivity contribution in [3.05, 3.63) is 82.3 Å². The van der Waals surface area contributed by atoms with Crippen LogP contribution in [-0.4, -0.2) is 77.3 Å². The number of aliphatic carboxylic acids is 2. The summed E-state index contributed by atoms with van der Waals surface area (Å²) in [4.78, 5) is 45.2. The number of allylic oxidation sites excluding steroid dienone is 5. The average Bonchev–Trinajstić information content (AvgIpc) is 3.44.